The van der Waals surface area contributed by atoms with Crippen LogP contribution in [0.1, 0.15) is 19.8 Å². The monoisotopic (exact) mass is 307 g/mol. The Kier molecular flexibility index (Phi) is 8.11. The van der Waals surface area contributed by atoms with Crippen molar-refractivity contribution in [3.63, 3.8) is 0 Å². The van der Waals surface area contributed by atoms with Crippen molar-refractivity contribution in [3.8, 4) is 0 Å². The Morgan fingerprint density at radius 3 is 2.72 bits per heavy atom. The number of thioether (sulfide) groups is 1. The molecule has 0 bridgehead atoms. The molecule has 0 aromatic heterocycles. The zero-order chi connectivity index (χ0) is 13.4. The van der Waals surface area contributed by atoms with Gasteiger partial charge in [-0.15, -0.1) is 11.8 Å². The minimum atomic E-state index is 0.212. The molecule has 1 unspecified atom stereocenters. The minimum absolute atomic E-state index is 0.212. The van der Waals surface area contributed by atoms with Crippen LogP contribution in [0.2, 0.25) is 10.0 Å². The molecule has 1 rings (SSSR count). The van der Waals surface area contributed by atoms with Crippen molar-refractivity contribution in [1.82, 2.24) is 5.32 Å². The highest BCUT2D eigenvalue weighted by Gasteiger charge is 2.08. The molecule has 1 aromatic rings. The van der Waals surface area contributed by atoms with E-state index in [1.54, 1.807) is 11.8 Å². The fourth-order valence-electron chi connectivity index (χ4n) is 1.51. The van der Waals surface area contributed by atoms with Gasteiger partial charge in [0, 0.05) is 23.3 Å². The first-order chi connectivity index (χ1) is 8.67. The molecule has 2 N–H and O–H groups in total. The summed E-state index contributed by atoms with van der Waals surface area (Å²) in [5.41, 5.74) is 0. The van der Waals surface area contributed by atoms with Gasteiger partial charge in [-0.3, -0.25) is 0 Å². The van der Waals surface area contributed by atoms with Gasteiger partial charge in [0.05, 0.1) is 10.0 Å². The standard InChI is InChI=1S/C13H19Cl2NOS/c1-2-6-16-10(5-7-17)9-18-11-3-4-12(14)13(15)8-11/h3-4,8,10,16-17H,2,5-7,9H2,1H3. The third-order valence-electron chi connectivity index (χ3n) is 2.50. The second kappa shape index (κ2) is 9.05. The Morgan fingerprint density at radius 1 is 1.33 bits per heavy atom. The van der Waals surface area contributed by atoms with E-state index in [0.717, 1.165) is 30.0 Å². The molecule has 2 nitrogen and oxygen atoms in total. The van der Waals surface area contributed by atoms with Crippen LogP contribution < -0.4 is 5.32 Å². The summed E-state index contributed by atoms with van der Waals surface area (Å²) in [5, 5.41) is 13.6. The Labute approximate surface area is 123 Å². The highest BCUT2D eigenvalue weighted by Crippen LogP contribution is 2.28. The van der Waals surface area contributed by atoms with E-state index in [1.807, 2.05) is 18.2 Å². The van der Waals surface area contributed by atoms with Gasteiger partial charge in [0.15, 0.2) is 0 Å². The summed E-state index contributed by atoms with van der Waals surface area (Å²) in [6.45, 7) is 3.32. The average molecular weight is 308 g/mol. The van der Waals surface area contributed by atoms with Crippen LogP contribution in [0.3, 0.4) is 0 Å². The maximum Gasteiger partial charge on any atom is 0.0603 e. The van der Waals surface area contributed by atoms with Crippen molar-refractivity contribution >= 4 is 35.0 Å². The van der Waals surface area contributed by atoms with Crippen LogP contribution in [0.25, 0.3) is 0 Å². The van der Waals surface area contributed by atoms with Gasteiger partial charge in [-0.1, -0.05) is 30.1 Å². The van der Waals surface area contributed by atoms with Gasteiger partial charge in [0.1, 0.15) is 0 Å². The van der Waals surface area contributed by atoms with Gasteiger partial charge < -0.3 is 10.4 Å². The molecule has 102 valence electrons. The number of halogens is 2. The molecule has 1 atom stereocenters. The predicted molar refractivity (Wildman–Crippen MR) is 81.0 cm³/mol. The summed E-state index contributed by atoms with van der Waals surface area (Å²) in [7, 11) is 0. The zero-order valence-electron chi connectivity index (χ0n) is 10.5. The summed E-state index contributed by atoms with van der Waals surface area (Å²) in [6.07, 6.45) is 1.87. The van der Waals surface area contributed by atoms with Crippen LogP contribution in [0.15, 0.2) is 23.1 Å². The van der Waals surface area contributed by atoms with Crippen LogP contribution in [-0.2, 0) is 0 Å². The van der Waals surface area contributed by atoms with Gasteiger partial charge in [0.2, 0.25) is 0 Å². The first-order valence-corrected chi connectivity index (χ1v) is 7.83. The lowest BCUT2D eigenvalue weighted by molar-refractivity contribution is 0.270. The maximum absolute atomic E-state index is 9.03. The largest absolute Gasteiger partial charge is 0.396 e. The summed E-state index contributed by atoms with van der Waals surface area (Å²) < 4.78 is 0. The summed E-state index contributed by atoms with van der Waals surface area (Å²) >= 11 is 13.6. The average Bonchev–Trinajstić information content (AvgIpc) is 2.37. The van der Waals surface area contributed by atoms with Crippen molar-refractivity contribution in [2.75, 3.05) is 18.9 Å². The van der Waals surface area contributed by atoms with Crippen LogP contribution in [0.5, 0.6) is 0 Å². The molecule has 0 saturated carbocycles. The van der Waals surface area contributed by atoms with E-state index < -0.39 is 0 Å². The Morgan fingerprint density at radius 2 is 2.11 bits per heavy atom. The molecule has 0 heterocycles. The van der Waals surface area contributed by atoms with Crippen molar-refractivity contribution in [3.05, 3.63) is 28.2 Å². The molecule has 0 aliphatic heterocycles. The van der Waals surface area contributed by atoms with Crippen molar-refractivity contribution in [2.24, 2.45) is 0 Å². The third-order valence-corrected chi connectivity index (χ3v) is 4.40. The van der Waals surface area contributed by atoms with E-state index in [2.05, 4.69) is 12.2 Å². The molecule has 5 heteroatoms. The highest BCUT2D eigenvalue weighted by atomic mass is 35.5. The third kappa shape index (κ3) is 5.81. The lowest BCUT2D eigenvalue weighted by Crippen LogP contribution is -2.32. The lowest BCUT2D eigenvalue weighted by atomic mass is 10.2. The molecule has 0 amide bonds. The predicted octanol–water partition coefficient (Wildman–Crippen LogP) is 3.84. The van der Waals surface area contributed by atoms with E-state index in [1.165, 1.54) is 0 Å². The molecule has 1 aromatic carbocycles. The van der Waals surface area contributed by atoms with Gasteiger partial charge >= 0.3 is 0 Å². The smallest absolute Gasteiger partial charge is 0.0603 e. The summed E-state index contributed by atoms with van der Waals surface area (Å²) in [5.74, 6) is 0.915. The fourth-order valence-corrected chi connectivity index (χ4v) is 2.92. The van der Waals surface area contributed by atoms with Crippen molar-refractivity contribution in [1.29, 1.82) is 0 Å². The number of nitrogens with one attached hydrogen (secondary N) is 1. The number of rotatable bonds is 8. The van der Waals surface area contributed by atoms with E-state index >= 15 is 0 Å². The number of hydrogen-bond acceptors (Lipinski definition) is 3. The Balaban J connectivity index is 2.47. The zero-order valence-corrected chi connectivity index (χ0v) is 12.8. The molecule has 0 radical (unpaired) electrons. The lowest BCUT2D eigenvalue weighted by Gasteiger charge is -2.17. The minimum Gasteiger partial charge on any atom is -0.396 e. The first-order valence-electron chi connectivity index (χ1n) is 6.09. The van der Waals surface area contributed by atoms with E-state index in [0.29, 0.717) is 16.1 Å². The number of aliphatic hydroxyl groups is 1. The fraction of sp³-hybridized carbons (Fsp3) is 0.538. The van der Waals surface area contributed by atoms with Crippen molar-refractivity contribution in [2.45, 2.75) is 30.7 Å². The topological polar surface area (TPSA) is 32.3 Å². The normalized spacial score (nSPS) is 12.7. The highest BCUT2D eigenvalue weighted by molar-refractivity contribution is 7.99. The molecule has 0 aliphatic rings. The first kappa shape index (κ1) is 16.1. The quantitative estimate of drug-likeness (QED) is 0.716. The van der Waals surface area contributed by atoms with Gasteiger partial charge in [-0.2, -0.15) is 0 Å². The molecule has 0 aliphatic carbocycles. The van der Waals surface area contributed by atoms with Gasteiger partial charge in [-0.05, 0) is 37.6 Å². The second-order valence-electron chi connectivity index (χ2n) is 4.05. The molecule has 0 saturated heterocycles. The van der Waals surface area contributed by atoms with Crippen LogP contribution in [-0.4, -0.2) is 30.1 Å². The Bertz CT molecular complexity index is 363. The van der Waals surface area contributed by atoms with Gasteiger partial charge in [0.25, 0.3) is 0 Å². The molecule has 18 heavy (non-hydrogen) atoms. The van der Waals surface area contributed by atoms with E-state index in [-0.39, 0.29) is 6.61 Å². The number of aliphatic hydroxyl groups excluding tert-OH is 1. The van der Waals surface area contributed by atoms with Crippen LogP contribution in [0.4, 0.5) is 0 Å². The van der Waals surface area contributed by atoms with Crippen LogP contribution in [0, 0.1) is 0 Å². The second-order valence-corrected chi connectivity index (χ2v) is 5.96. The van der Waals surface area contributed by atoms with E-state index in [4.69, 9.17) is 28.3 Å². The SMILES string of the molecule is CCCNC(CCO)CSc1ccc(Cl)c(Cl)c1. The molecular weight excluding hydrogens is 289 g/mol. The summed E-state index contributed by atoms with van der Waals surface area (Å²) in [4.78, 5) is 1.10. The summed E-state index contributed by atoms with van der Waals surface area (Å²) in [6, 6.07) is 5.99. The van der Waals surface area contributed by atoms with Crippen LogP contribution >= 0.6 is 35.0 Å². The Hall–Kier alpha value is 0.0700. The maximum atomic E-state index is 9.03. The molecule has 0 spiro atoms. The van der Waals surface area contributed by atoms with E-state index in [9.17, 15) is 0 Å². The van der Waals surface area contributed by atoms with Gasteiger partial charge in [-0.25, -0.2) is 0 Å². The van der Waals surface area contributed by atoms with Crippen molar-refractivity contribution < 1.29 is 5.11 Å². The number of hydrogen-bond donors (Lipinski definition) is 2. The number of benzene rings is 1. The molecular formula is C13H19Cl2NOS. The molecule has 0 fully saturated rings.